The molecule has 0 unspecified atom stereocenters. The van der Waals surface area contributed by atoms with Gasteiger partial charge in [-0.25, -0.2) is 4.79 Å². The van der Waals surface area contributed by atoms with Crippen LogP contribution in [0, 0.1) is 0 Å². The van der Waals surface area contributed by atoms with Crippen LogP contribution in [0.5, 0.6) is 0 Å². The van der Waals surface area contributed by atoms with E-state index in [0.717, 1.165) is 5.56 Å². The first-order valence-electron chi connectivity index (χ1n) is 7.33. The van der Waals surface area contributed by atoms with Gasteiger partial charge in [0, 0.05) is 23.5 Å². The fourth-order valence-electron chi connectivity index (χ4n) is 2.29. The highest BCUT2D eigenvalue weighted by molar-refractivity contribution is 6.05. The van der Waals surface area contributed by atoms with Gasteiger partial charge in [0.25, 0.3) is 0 Å². The van der Waals surface area contributed by atoms with Gasteiger partial charge in [-0.15, -0.1) is 0 Å². The molecule has 0 saturated heterocycles. The molecule has 1 N–H and O–H groups in total. The lowest BCUT2D eigenvalue weighted by Gasteiger charge is -2.23. The fraction of sp³-hybridized carbons (Fsp3) is 0.0526. The van der Waals surface area contributed by atoms with Gasteiger partial charge in [0.1, 0.15) is 0 Å². The molecule has 0 aliphatic carbocycles. The van der Waals surface area contributed by atoms with Crippen LogP contribution in [0.3, 0.4) is 0 Å². The van der Waals surface area contributed by atoms with Crippen LogP contribution >= 0.6 is 0 Å². The van der Waals surface area contributed by atoms with Crippen molar-refractivity contribution >= 4 is 11.8 Å². The molecule has 2 amide bonds. The van der Waals surface area contributed by atoms with Gasteiger partial charge in [0.15, 0.2) is 5.78 Å². The zero-order valence-electron chi connectivity index (χ0n) is 12.5. The molecule has 0 bridgehead atoms. The molecule has 0 spiro atoms. The lowest BCUT2D eigenvalue weighted by atomic mass is 10.1. The molecule has 3 rings (SSSR count). The number of amides is 2. The number of allylic oxidation sites excluding steroid dienone is 2. The normalized spacial score (nSPS) is 15.6. The van der Waals surface area contributed by atoms with E-state index in [0.29, 0.717) is 17.8 Å². The quantitative estimate of drug-likeness (QED) is 0.694. The first-order valence-corrected chi connectivity index (χ1v) is 7.33. The predicted octanol–water partition coefficient (Wildman–Crippen LogP) is 3.49. The number of nitrogens with zero attached hydrogens (tertiary/aromatic N) is 1. The van der Waals surface area contributed by atoms with E-state index >= 15 is 0 Å². The number of ketones is 1. The maximum absolute atomic E-state index is 12.1. The summed E-state index contributed by atoms with van der Waals surface area (Å²) in [5, 5.41) is 2.73. The van der Waals surface area contributed by atoms with E-state index in [9.17, 15) is 9.59 Å². The molecule has 1 aliphatic rings. The Morgan fingerprint density at radius 2 is 1.65 bits per heavy atom. The van der Waals surface area contributed by atoms with Crippen molar-refractivity contribution in [2.24, 2.45) is 0 Å². The van der Waals surface area contributed by atoms with Crippen LogP contribution < -0.4 is 5.32 Å². The minimum Gasteiger partial charge on any atom is -0.307 e. The number of urea groups is 1. The maximum Gasteiger partial charge on any atom is 0.326 e. The molecule has 4 nitrogen and oxygen atoms in total. The molecule has 0 radical (unpaired) electrons. The summed E-state index contributed by atoms with van der Waals surface area (Å²) in [5.74, 6) is -0.137. The third-order valence-electron chi connectivity index (χ3n) is 3.49. The van der Waals surface area contributed by atoms with Crippen LogP contribution in [0.15, 0.2) is 84.7 Å². The highest BCUT2D eigenvalue weighted by Gasteiger charge is 2.17. The van der Waals surface area contributed by atoms with E-state index in [4.69, 9.17) is 0 Å². The van der Waals surface area contributed by atoms with Crippen molar-refractivity contribution in [3.8, 4) is 0 Å². The Hall–Kier alpha value is -3.14. The van der Waals surface area contributed by atoms with Crippen LogP contribution in [0.1, 0.15) is 15.9 Å². The summed E-state index contributed by atoms with van der Waals surface area (Å²) in [6.07, 6.45) is 4.85. The van der Waals surface area contributed by atoms with Crippen molar-refractivity contribution in [1.82, 2.24) is 10.2 Å². The first kappa shape index (κ1) is 14.8. The molecule has 2 aromatic rings. The zero-order chi connectivity index (χ0) is 16.1. The van der Waals surface area contributed by atoms with E-state index in [2.05, 4.69) is 5.32 Å². The molecular weight excluding hydrogens is 288 g/mol. The van der Waals surface area contributed by atoms with Crippen molar-refractivity contribution in [3.63, 3.8) is 0 Å². The molecule has 1 aliphatic heterocycles. The van der Waals surface area contributed by atoms with Crippen molar-refractivity contribution in [3.05, 3.63) is 95.8 Å². The summed E-state index contributed by atoms with van der Waals surface area (Å²) in [4.78, 5) is 25.8. The Balaban J connectivity index is 1.71. The molecular formula is C19H16N2O2. The Labute approximate surface area is 134 Å². The van der Waals surface area contributed by atoms with Gasteiger partial charge in [0.2, 0.25) is 0 Å². The summed E-state index contributed by atoms with van der Waals surface area (Å²) < 4.78 is 0. The number of hydrogen-bond donors (Lipinski definition) is 1. The summed E-state index contributed by atoms with van der Waals surface area (Å²) in [6.45, 7) is 0.489. The smallest absolute Gasteiger partial charge is 0.307 e. The predicted molar refractivity (Wildman–Crippen MR) is 88.5 cm³/mol. The average Bonchev–Trinajstić information content (AvgIpc) is 2.59. The molecule has 0 fully saturated rings. The Morgan fingerprint density at radius 1 is 1.00 bits per heavy atom. The maximum atomic E-state index is 12.1. The number of benzene rings is 2. The van der Waals surface area contributed by atoms with Gasteiger partial charge >= 0.3 is 6.03 Å². The summed E-state index contributed by atoms with van der Waals surface area (Å²) >= 11 is 0. The van der Waals surface area contributed by atoms with E-state index in [1.165, 1.54) is 6.08 Å². The summed E-state index contributed by atoms with van der Waals surface area (Å²) in [6, 6.07) is 18.4. The lowest BCUT2D eigenvalue weighted by molar-refractivity contribution is 0.104. The van der Waals surface area contributed by atoms with E-state index in [1.54, 1.807) is 29.3 Å². The SMILES string of the molecule is O=C(/C=C1/C=CN(Cc2ccccc2)C(=O)N1)c1ccccc1. The molecule has 23 heavy (non-hydrogen) atoms. The summed E-state index contributed by atoms with van der Waals surface area (Å²) in [7, 11) is 0. The van der Waals surface area contributed by atoms with Crippen molar-refractivity contribution < 1.29 is 9.59 Å². The number of rotatable bonds is 4. The van der Waals surface area contributed by atoms with Crippen LogP contribution in [0.25, 0.3) is 0 Å². The number of carbonyl (C=O) groups excluding carboxylic acids is 2. The number of hydrogen-bond acceptors (Lipinski definition) is 2. The first-order chi connectivity index (χ1) is 11.2. The monoisotopic (exact) mass is 304 g/mol. The second-order valence-electron chi connectivity index (χ2n) is 5.19. The average molecular weight is 304 g/mol. The third-order valence-corrected chi connectivity index (χ3v) is 3.49. The second kappa shape index (κ2) is 6.75. The van der Waals surface area contributed by atoms with Gasteiger partial charge in [-0.1, -0.05) is 60.7 Å². The molecule has 0 aromatic heterocycles. The van der Waals surface area contributed by atoms with Crippen LogP contribution in [-0.4, -0.2) is 16.7 Å². The van der Waals surface area contributed by atoms with E-state index in [-0.39, 0.29) is 11.8 Å². The van der Waals surface area contributed by atoms with Gasteiger partial charge in [-0.3, -0.25) is 9.69 Å². The number of nitrogens with one attached hydrogen (secondary N) is 1. The zero-order valence-corrected chi connectivity index (χ0v) is 12.5. The Morgan fingerprint density at radius 3 is 2.30 bits per heavy atom. The largest absolute Gasteiger partial charge is 0.326 e. The highest BCUT2D eigenvalue weighted by Crippen LogP contribution is 2.12. The van der Waals surface area contributed by atoms with Crippen LogP contribution in [-0.2, 0) is 6.54 Å². The minimum atomic E-state index is -0.247. The van der Waals surface area contributed by atoms with Gasteiger partial charge in [-0.05, 0) is 11.6 Å². The standard InChI is InChI=1S/C19H16N2O2/c22-18(16-9-5-2-6-10-16)13-17-11-12-21(19(23)20-17)14-15-7-3-1-4-8-15/h1-13H,14H2,(H,20,23)/b17-13-. The van der Waals surface area contributed by atoms with Crippen LogP contribution in [0.4, 0.5) is 4.79 Å². The van der Waals surface area contributed by atoms with Crippen molar-refractivity contribution in [1.29, 1.82) is 0 Å². The highest BCUT2D eigenvalue weighted by atomic mass is 16.2. The molecule has 0 atom stereocenters. The molecule has 1 heterocycles. The van der Waals surface area contributed by atoms with Gasteiger partial charge in [0.05, 0.1) is 6.54 Å². The van der Waals surface area contributed by atoms with E-state index < -0.39 is 0 Å². The summed E-state index contributed by atoms with van der Waals surface area (Å²) in [5.41, 5.74) is 2.13. The third kappa shape index (κ3) is 3.74. The molecule has 2 aromatic carbocycles. The minimum absolute atomic E-state index is 0.137. The lowest BCUT2D eigenvalue weighted by Crippen LogP contribution is -2.38. The van der Waals surface area contributed by atoms with Gasteiger partial charge in [-0.2, -0.15) is 0 Å². The number of carbonyl (C=O) groups is 2. The van der Waals surface area contributed by atoms with Crippen molar-refractivity contribution in [2.45, 2.75) is 6.54 Å². The molecule has 114 valence electrons. The Kier molecular flexibility index (Phi) is 4.34. The van der Waals surface area contributed by atoms with Crippen molar-refractivity contribution in [2.75, 3.05) is 0 Å². The van der Waals surface area contributed by atoms with Gasteiger partial charge < -0.3 is 5.32 Å². The molecule has 4 heteroatoms. The fourth-order valence-corrected chi connectivity index (χ4v) is 2.29. The molecule has 0 saturated carbocycles. The van der Waals surface area contributed by atoms with E-state index in [1.807, 2.05) is 48.5 Å². The second-order valence-corrected chi connectivity index (χ2v) is 5.19. The topological polar surface area (TPSA) is 49.4 Å². The Bertz CT molecular complexity index is 764. The van der Waals surface area contributed by atoms with Crippen LogP contribution in [0.2, 0.25) is 0 Å².